The molecule has 1 aliphatic heterocycles. The van der Waals surface area contributed by atoms with Gasteiger partial charge in [-0.25, -0.2) is 0 Å². The monoisotopic (exact) mass is 337 g/mol. The van der Waals surface area contributed by atoms with Gasteiger partial charge in [-0.1, -0.05) is 35.5 Å². The summed E-state index contributed by atoms with van der Waals surface area (Å²) in [5.74, 6) is 0.987. The summed E-state index contributed by atoms with van der Waals surface area (Å²) in [5, 5.41) is 4.00. The highest BCUT2D eigenvalue weighted by Crippen LogP contribution is 2.54. The average molecular weight is 338 g/mol. The van der Waals surface area contributed by atoms with E-state index in [9.17, 15) is 4.79 Å². The van der Waals surface area contributed by atoms with Crippen LogP contribution in [0.3, 0.4) is 0 Å². The number of alkyl halides is 2. The van der Waals surface area contributed by atoms with Crippen LogP contribution in [0.25, 0.3) is 11.4 Å². The second kappa shape index (κ2) is 4.96. The lowest BCUT2D eigenvalue weighted by Crippen LogP contribution is -2.49. The van der Waals surface area contributed by atoms with E-state index in [1.165, 1.54) is 0 Å². The smallest absolute Gasteiger partial charge is 0.233 e. The second-order valence-corrected chi connectivity index (χ2v) is 7.32. The first-order valence-corrected chi connectivity index (χ1v) is 7.86. The zero-order valence-corrected chi connectivity index (χ0v) is 13.1. The van der Waals surface area contributed by atoms with Gasteiger partial charge >= 0.3 is 0 Å². The lowest BCUT2D eigenvalue weighted by Gasteiger charge is -2.37. The van der Waals surface area contributed by atoms with Crippen molar-refractivity contribution in [2.45, 2.75) is 16.7 Å². The number of hydrogen-bond acceptors (Lipinski definition) is 4. The zero-order valence-electron chi connectivity index (χ0n) is 11.6. The van der Waals surface area contributed by atoms with Crippen LogP contribution in [-0.4, -0.2) is 38.4 Å². The molecular weight excluding hydrogens is 325 g/mol. The molecule has 1 aromatic carbocycles. The van der Waals surface area contributed by atoms with E-state index >= 15 is 0 Å². The Balaban J connectivity index is 1.40. The highest BCUT2D eigenvalue weighted by Gasteiger charge is 2.58. The van der Waals surface area contributed by atoms with Crippen molar-refractivity contribution in [2.24, 2.45) is 5.92 Å². The van der Waals surface area contributed by atoms with E-state index in [2.05, 4.69) is 10.1 Å². The minimum absolute atomic E-state index is 0.0176. The number of aromatic nitrogens is 2. The molecule has 5 nitrogen and oxygen atoms in total. The largest absolute Gasteiger partial charge is 0.341 e. The number of hydrogen-bond donors (Lipinski definition) is 0. The third kappa shape index (κ3) is 2.38. The quantitative estimate of drug-likeness (QED) is 0.808. The summed E-state index contributed by atoms with van der Waals surface area (Å²) in [6, 6.07) is 9.65. The zero-order chi connectivity index (χ0) is 15.3. The molecule has 1 saturated carbocycles. The number of halogens is 2. The Bertz CT molecular complexity index is 711. The molecule has 114 valence electrons. The predicted octanol–water partition coefficient (Wildman–Crippen LogP) is 2.86. The normalized spacial score (nSPS) is 23.2. The Morgan fingerprint density at radius 2 is 1.95 bits per heavy atom. The van der Waals surface area contributed by atoms with Gasteiger partial charge in [-0.15, -0.1) is 23.2 Å². The minimum Gasteiger partial charge on any atom is -0.341 e. The SMILES string of the molecule is O=C(C1CC1(Cl)Cl)N1CC(c2nc(-c3ccccc3)no2)C1. The number of benzene rings is 1. The van der Waals surface area contributed by atoms with E-state index in [0.29, 0.717) is 31.2 Å². The lowest BCUT2D eigenvalue weighted by atomic mass is 9.99. The van der Waals surface area contributed by atoms with E-state index in [0.717, 1.165) is 5.56 Å². The van der Waals surface area contributed by atoms with Gasteiger partial charge in [0.25, 0.3) is 0 Å². The van der Waals surface area contributed by atoms with Gasteiger partial charge in [-0.2, -0.15) is 4.98 Å². The standard InChI is InChI=1S/C15H13Cl2N3O2/c16-15(17)6-11(15)14(21)20-7-10(8-20)13-18-12(19-22-13)9-4-2-1-3-5-9/h1-5,10-11H,6-8H2. The van der Waals surface area contributed by atoms with Crippen molar-refractivity contribution in [3.63, 3.8) is 0 Å². The summed E-state index contributed by atoms with van der Waals surface area (Å²) in [6.07, 6.45) is 0.537. The molecule has 0 bridgehead atoms. The Labute approximate surface area is 137 Å². The second-order valence-electron chi connectivity index (χ2n) is 5.78. The van der Waals surface area contributed by atoms with Crippen LogP contribution >= 0.6 is 23.2 Å². The molecule has 1 aromatic heterocycles. The first-order chi connectivity index (χ1) is 10.5. The third-order valence-electron chi connectivity index (χ3n) is 4.14. The Hall–Kier alpha value is -1.59. The van der Waals surface area contributed by atoms with E-state index in [1.807, 2.05) is 30.3 Å². The van der Waals surface area contributed by atoms with Gasteiger partial charge in [0.05, 0.1) is 11.8 Å². The highest BCUT2D eigenvalue weighted by atomic mass is 35.5. The van der Waals surface area contributed by atoms with Gasteiger partial charge in [0.2, 0.25) is 17.6 Å². The summed E-state index contributed by atoms with van der Waals surface area (Å²) in [5.41, 5.74) is 0.914. The number of carbonyl (C=O) groups is 1. The molecule has 2 heterocycles. The van der Waals surface area contributed by atoms with Gasteiger partial charge in [0.15, 0.2) is 0 Å². The number of likely N-dealkylation sites (tertiary alicyclic amines) is 1. The van der Waals surface area contributed by atoms with Crippen molar-refractivity contribution in [3.8, 4) is 11.4 Å². The summed E-state index contributed by atoms with van der Waals surface area (Å²) in [7, 11) is 0. The van der Waals surface area contributed by atoms with Gasteiger partial charge in [-0.3, -0.25) is 4.79 Å². The topological polar surface area (TPSA) is 59.2 Å². The molecule has 2 aromatic rings. The molecule has 1 amide bonds. The maximum absolute atomic E-state index is 12.1. The van der Waals surface area contributed by atoms with E-state index < -0.39 is 4.33 Å². The van der Waals surface area contributed by atoms with E-state index in [1.54, 1.807) is 4.90 Å². The van der Waals surface area contributed by atoms with Crippen LogP contribution in [-0.2, 0) is 4.79 Å². The number of nitrogens with zero attached hydrogens (tertiary/aromatic N) is 3. The highest BCUT2D eigenvalue weighted by molar-refractivity contribution is 6.52. The third-order valence-corrected chi connectivity index (χ3v) is 4.98. The molecule has 0 radical (unpaired) electrons. The average Bonchev–Trinajstić information content (AvgIpc) is 2.88. The molecule has 1 saturated heterocycles. The van der Waals surface area contributed by atoms with Gasteiger partial charge in [0, 0.05) is 18.7 Å². The maximum atomic E-state index is 12.1. The Morgan fingerprint density at radius 1 is 1.27 bits per heavy atom. The molecule has 2 fully saturated rings. The van der Waals surface area contributed by atoms with Crippen molar-refractivity contribution in [3.05, 3.63) is 36.2 Å². The van der Waals surface area contributed by atoms with E-state index in [4.69, 9.17) is 27.7 Å². The summed E-state index contributed by atoms with van der Waals surface area (Å²) >= 11 is 11.9. The van der Waals surface area contributed by atoms with Crippen molar-refractivity contribution in [1.29, 1.82) is 0 Å². The molecular formula is C15H13Cl2N3O2. The van der Waals surface area contributed by atoms with Crippen molar-refractivity contribution >= 4 is 29.1 Å². The lowest BCUT2D eigenvalue weighted by molar-refractivity contribution is -0.137. The summed E-state index contributed by atoms with van der Waals surface area (Å²) < 4.78 is 4.45. The van der Waals surface area contributed by atoms with Crippen LogP contribution in [0.4, 0.5) is 0 Å². The minimum atomic E-state index is -0.868. The molecule has 0 spiro atoms. The van der Waals surface area contributed by atoms with Gasteiger partial charge < -0.3 is 9.42 Å². The molecule has 22 heavy (non-hydrogen) atoms. The Morgan fingerprint density at radius 3 is 2.59 bits per heavy atom. The van der Waals surface area contributed by atoms with Gasteiger partial charge in [-0.05, 0) is 6.42 Å². The van der Waals surface area contributed by atoms with Crippen molar-refractivity contribution in [1.82, 2.24) is 15.0 Å². The molecule has 4 rings (SSSR count). The summed E-state index contributed by atoms with van der Waals surface area (Å²) in [4.78, 5) is 18.3. The predicted molar refractivity (Wildman–Crippen MR) is 81.6 cm³/mol. The van der Waals surface area contributed by atoms with Crippen LogP contribution in [0.1, 0.15) is 18.2 Å². The fraction of sp³-hybridized carbons (Fsp3) is 0.400. The van der Waals surface area contributed by atoms with Crippen molar-refractivity contribution < 1.29 is 9.32 Å². The van der Waals surface area contributed by atoms with Crippen LogP contribution < -0.4 is 0 Å². The first-order valence-electron chi connectivity index (χ1n) is 7.10. The van der Waals surface area contributed by atoms with Crippen LogP contribution in [0.5, 0.6) is 0 Å². The number of amides is 1. The molecule has 1 aliphatic carbocycles. The van der Waals surface area contributed by atoms with Gasteiger partial charge in [0.1, 0.15) is 4.33 Å². The number of rotatable bonds is 3. The van der Waals surface area contributed by atoms with Crippen molar-refractivity contribution in [2.75, 3.05) is 13.1 Å². The Kier molecular flexibility index (Phi) is 3.16. The first kappa shape index (κ1) is 14.0. The van der Waals surface area contributed by atoms with Crippen LogP contribution in [0.2, 0.25) is 0 Å². The van der Waals surface area contributed by atoms with Crippen LogP contribution in [0, 0.1) is 5.92 Å². The van der Waals surface area contributed by atoms with Crippen LogP contribution in [0.15, 0.2) is 34.9 Å². The molecule has 2 aliphatic rings. The fourth-order valence-electron chi connectivity index (χ4n) is 2.62. The molecule has 1 atom stereocenters. The number of carbonyl (C=O) groups excluding carboxylic acids is 1. The molecule has 0 N–H and O–H groups in total. The molecule has 7 heteroatoms. The molecule has 1 unspecified atom stereocenters. The maximum Gasteiger partial charge on any atom is 0.233 e. The fourth-order valence-corrected chi connectivity index (χ4v) is 3.12. The summed E-state index contributed by atoms with van der Waals surface area (Å²) in [6.45, 7) is 1.16. The van der Waals surface area contributed by atoms with E-state index in [-0.39, 0.29) is 17.7 Å².